The highest BCUT2D eigenvalue weighted by Crippen LogP contribution is 2.28. The standard InChI is InChI=1S/C21H32N6O/c1-20(2)13-17(14-21(3,4)25-20)24-19(28)27-10-6-9-26(11-12-27)18-16(15-22)7-5-8-23-18/h5,7-8,17,25H,6,9-14H2,1-4H3,(H,24,28). The lowest BCUT2D eigenvalue weighted by Crippen LogP contribution is -2.63. The molecule has 0 bridgehead atoms. The number of rotatable bonds is 2. The van der Waals surface area contributed by atoms with Gasteiger partial charge in [0.1, 0.15) is 11.9 Å². The molecule has 0 atom stereocenters. The molecule has 2 N–H and O–H groups in total. The van der Waals surface area contributed by atoms with Crippen molar-refractivity contribution in [2.24, 2.45) is 0 Å². The second-order valence-electron chi connectivity index (χ2n) is 9.26. The zero-order chi connectivity index (χ0) is 20.4. The fraction of sp³-hybridized carbons (Fsp3) is 0.667. The number of carbonyl (C=O) groups is 1. The molecule has 7 heteroatoms. The van der Waals surface area contributed by atoms with E-state index in [1.807, 2.05) is 4.90 Å². The van der Waals surface area contributed by atoms with Crippen LogP contribution in [0.5, 0.6) is 0 Å². The van der Waals surface area contributed by atoms with Crippen molar-refractivity contribution in [1.82, 2.24) is 20.5 Å². The maximum absolute atomic E-state index is 12.9. The Bertz CT molecular complexity index is 738. The van der Waals surface area contributed by atoms with Gasteiger partial charge in [-0.3, -0.25) is 0 Å². The molecule has 28 heavy (non-hydrogen) atoms. The Balaban J connectivity index is 1.61. The van der Waals surface area contributed by atoms with Gasteiger partial charge in [-0.25, -0.2) is 9.78 Å². The number of anilines is 1. The van der Waals surface area contributed by atoms with Crippen molar-refractivity contribution in [2.45, 2.75) is 64.1 Å². The molecule has 0 unspecified atom stereocenters. The van der Waals surface area contributed by atoms with Crippen LogP contribution in [0.4, 0.5) is 10.6 Å². The molecule has 2 saturated heterocycles. The quantitative estimate of drug-likeness (QED) is 0.818. The van der Waals surface area contributed by atoms with Crippen molar-refractivity contribution in [3.8, 4) is 6.07 Å². The monoisotopic (exact) mass is 384 g/mol. The molecule has 152 valence electrons. The van der Waals surface area contributed by atoms with Gasteiger partial charge in [0.25, 0.3) is 0 Å². The fourth-order valence-corrected chi connectivity index (χ4v) is 4.76. The smallest absolute Gasteiger partial charge is 0.317 e. The largest absolute Gasteiger partial charge is 0.354 e. The first-order valence-electron chi connectivity index (χ1n) is 10.1. The number of nitrogens with zero attached hydrogens (tertiary/aromatic N) is 4. The van der Waals surface area contributed by atoms with Gasteiger partial charge in [0, 0.05) is 49.5 Å². The van der Waals surface area contributed by atoms with Crippen LogP contribution in [-0.4, -0.2) is 59.2 Å². The molecule has 0 radical (unpaired) electrons. The number of aromatic nitrogens is 1. The van der Waals surface area contributed by atoms with E-state index in [4.69, 9.17) is 0 Å². The van der Waals surface area contributed by atoms with Crippen LogP contribution in [0.1, 0.15) is 52.5 Å². The molecule has 7 nitrogen and oxygen atoms in total. The highest BCUT2D eigenvalue weighted by molar-refractivity contribution is 5.74. The average Bonchev–Trinajstić information content (AvgIpc) is 2.85. The molecule has 0 aliphatic carbocycles. The highest BCUT2D eigenvalue weighted by atomic mass is 16.2. The van der Waals surface area contributed by atoms with E-state index in [-0.39, 0.29) is 23.2 Å². The third kappa shape index (κ3) is 4.93. The maximum atomic E-state index is 12.9. The van der Waals surface area contributed by atoms with Gasteiger partial charge in [-0.2, -0.15) is 5.26 Å². The first kappa shape index (κ1) is 20.4. The molecule has 0 spiro atoms. The summed E-state index contributed by atoms with van der Waals surface area (Å²) < 4.78 is 0. The van der Waals surface area contributed by atoms with Gasteiger partial charge in [-0.15, -0.1) is 0 Å². The number of piperidine rings is 1. The zero-order valence-corrected chi connectivity index (χ0v) is 17.5. The van der Waals surface area contributed by atoms with E-state index in [1.54, 1.807) is 18.3 Å². The van der Waals surface area contributed by atoms with Gasteiger partial charge in [0.05, 0.1) is 5.56 Å². The zero-order valence-electron chi connectivity index (χ0n) is 17.5. The molecule has 0 saturated carbocycles. The van der Waals surface area contributed by atoms with E-state index in [9.17, 15) is 10.1 Å². The Morgan fingerprint density at radius 1 is 1.21 bits per heavy atom. The van der Waals surface area contributed by atoms with Crippen molar-refractivity contribution in [3.63, 3.8) is 0 Å². The van der Waals surface area contributed by atoms with E-state index >= 15 is 0 Å². The van der Waals surface area contributed by atoms with E-state index in [0.29, 0.717) is 24.5 Å². The molecular formula is C21H32N6O. The molecule has 1 aromatic rings. The summed E-state index contributed by atoms with van der Waals surface area (Å²) in [6.45, 7) is 11.6. The number of nitrogens with one attached hydrogen (secondary N) is 2. The lowest BCUT2D eigenvalue weighted by molar-refractivity contribution is 0.139. The number of urea groups is 1. The van der Waals surface area contributed by atoms with E-state index in [1.165, 1.54) is 0 Å². The van der Waals surface area contributed by atoms with Crippen molar-refractivity contribution >= 4 is 11.8 Å². The number of carbonyl (C=O) groups excluding carboxylic acids is 1. The first-order valence-corrected chi connectivity index (χ1v) is 10.1. The number of nitriles is 1. The summed E-state index contributed by atoms with van der Waals surface area (Å²) in [6.07, 6.45) is 4.41. The van der Waals surface area contributed by atoms with Crippen LogP contribution in [0, 0.1) is 11.3 Å². The lowest BCUT2D eigenvalue weighted by Gasteiger charge is -2.46. The van der Waals surface area contributed by atoms with E-state index in [2.05, 4.69) is 54.3 Å². The predicted molar refractivity (Wildman–Crippen MR) is 110 cm³/mol. The molecule has 0 aromatic carbocycles. The minimum absolute atomic E-state index is 0.00194. The van der Waals surface area contributed by atoms with Crippen LogP contribution < -0.4 is 15.5 Å². The van der Waals surface area contributed by atoms with Gasteiger partial charge in [0.15, 0.2) is 0 Å². The molecule has 2 amide bonds. The Kier molecular flexibility index (Phi) is 5.80. The SMILES string of the molecule is CC1(C)CC(NC(=O)N2CCCN(c3ncccc3C#N)CC2)CC(C)(C)N1. The van der Waals surface area contributed by atoms with Crippen molar-refractivity contribution < 1.29 is 4.79 Å². The molecule has 1 aromatic heterocycles. The molecular weight excluding hydrogens is 352 g/mol. The lowest BCUT2D eigenvalue weighted by atomic mass is 9.80. The Hall–Kier alpha value is -2.33. The summed E-state index contributed by atoms with van der Waals surface area (Å²) in [5.74, 6) is 0.717. The van der Waals surface area contributed by atoms with Gasteiger partial charge in [0.2, 0.25) is 0 Å². The number of hydrogen-bond donors (Lipinski definition) is 2. The van der Waals surface area contributed by atoms with Crippen LogP contribution >= 0.6 is 0 Å². The predicted octanol–water partition coefficient (Wildman–Crippen LogP) is 2.48. The van der Waals surface area contributed by atoms with Gasteiger partial charge >= 0.3 is 6.03 Å². The summed E-state index contributed by atoms with van der Waals surface area (Å²) >= 11 is 0. The van der Waals surface area contributed by atoms with E-state index < -0.39 is 0 Å². The number of pyridine rings is 1. The van der Waals surface area contributed by atoms with Crippen LogP contribution in [0.3, 0.4) is 0 Å². The average molecular weight is 385 g/mol. The summed E-state index contributed by atoms with van der Waals surface area (Å²) in [6, 6.07) is 5.96. The molecule has 2 aliphatic rings. The van der Waals surface area contributed by atoms with Gasteiger partial charge in [-0.05, 0) is 59.1 Å². The molecule has 3 heterocycles. The van der Waals surface area contributed by atoms with Crippen LogP contribution in [0.15, 0.2) is 18.3 Å². The van der Waals surface area contributed by atoms with Gasteiger partial charge in [-0.1, -0.05) is 0 Å². The normalized spacial score (nSPS) is 22.2. The number of amides is 2. The van der Waals surface area contributed by atoms with Crippen molar-refractivity contribution in [3.05, 3.63) is 23.9 Å². The second-order valence-corrected chi connectivity index (χ2v) is 9.26. The summed E-state index contributed by atoms with van der Waals surface area (Å²) in [7, 11) is 0. The van der Waals surface area contributed by atoms with Crippen molar-refractivity contribution in [1.29, 1.82) is 5.26 Å². The molecule has 2 aliphatic heterocycles. The minimum Gasteiger partial charge on any atom is -0.354 e. The summed E-state index contributed by atoms with van der Waals surface area (Å²) in [5.41, 5.74) is 0.587. The molecule has 3 rings (SSSR count). The first-order chi connectivity index (χ1) is 13.2. The highest BCUT2D eigenvalue weighted by Gasteiger charge is 2.38. The van der Waals surface area contributed by atoms with Crippen LogP contribution in [0.25, 0.3) is 0 Å². The summed E-state index contributed by atoms with van der Waals surface area (Å²) in [5, 5.41) is 16.3. The van der Waals surface area contributed by atoms with Gasteiger partial charge < -0.3 is 20.4 Å². The second kappa shape index (κ2) is 7.96. The Morgan fingerprint density at radius 2 is 1.93 bits per heavy atom. The Labute approximate surface area is 168 Å². The molecule has 2 fully saturated rings. The Morgan fingerprint density at radius 3 is 2.61 bits per heavy atom. The van der Waals surface area contributed by atoms with Crippen molar-refractivity contribution in [2.75, 3.05) is 31.1 Å². The summed E-state index contributed by atoms with van der Waals surface area (Å²) in [4.78, 5) is 21.3. The third-order valence-corrected chi connectivity index (χ3v) is 5.51. The van der Waals surface area contributed by atoms with Crippen LogP contribution in [0.2, 0.25) is 0 Å². The minimum atomic E-state index is 0.00194. The third-order valence-electron chi connectivity index (χ3n) is 5.51. The maximum Gasteiger partial charge on any atom is 0.317 e. The topological polar surface area (TPSA) is 84.3 Å². The van der Waals surface area contributed by atoms with Crippen LogP contribution in [-0.2, 0) is 0 Å². The fourth-order valence-electron chi connectivity index (χ4n) is 4.76. The van der Waals surface area contributed by atoms with E-state index in [0.717, 1.165) is 32.4 Å². The number of hydrogen-bond acceptors (Lipinski definition) is 5.